The number of piperidine rings is 1. The van der Waals surface area contributed by atoms with Crippen molar-refractivity contribution in [2.75, 3.05) is 19.6 Å². The highest BCUT2D eigenvalue weighted by Gasteiger charge is 2.45. The van der Waals surface area contributed by atoms with E-state index in [2.05, 4.69) is 12.2 Å². The van der Waals surface area contributed by atoms with Gasteiger partial charge in [0.15, 0.2) is 11.6 Å². The Labute approximate surface area is 164 Å². The molecule has 1 spiro atoms. The van der Waals surface area contributed by atoms with Crippen LogP contribution in [-0.4, -0.2) is 41.2 Å². The summed E-state index contributed by atoms with van der Waals surface area (Å²) in [6.45, 7) is 2.32. The molecule has 2 aliphatic heterocycles. The number of carbonyl (C=O) groups excluding carboxylic acids is 2. The number of allylic oxidation sites excluding steroid dienone is 2. The maximum Gasteiger partial charge on any atom is 0.226 e. The number of rotatable bonds is 3. The molecule has 2 saturated heterocycles. The molecule has 0 unspecified atom stereocenters. The average molecular weight is 388 g/mol. The van der Waals surface area contributed by atoms with Gasteiger partial charge in [0, 0.05) is 43.9 Å². The van der Waals surface area contributed by atoms with Crippen LogP contribution < -0.4 is 0 Å². The van der Waals surface area contributed by atoms with E-state index in [4.69, 9.17) is 0 Å². The molecule has 0 bridgehead atoms. The second-order valence-electron chi connectivity index (χ2n) is 8.48. The van der Waals surface area contributed by atoms with Gasteiger partial charge < -0.3 is 9.80 Å². The molecular weight excluding hydrogens is 362 g/mol. The number of hydrogen-bond donors (Lipinski definition) is 0. The molecule has 1 aromatic rings. The molecule has 150 valence electrons. The summed E-state index contributed by atoms with van der Waals surface area (Å²) in [5.74, 6) is -1.35. The third-order valence-electron chi connectivity index (χ3n) is 6.52. The van der Waals surface area contributed by atoms with Gasteiger partial charge in [0.2, 0.25) is 11.8 Å². The Kier molecular flexibility index (Phi) is 5.21. The molecule has 3 aliphatic rings. The van der Waals surface area contributed by atoms with Gasteiger partial charge in [-0.25, -0.2) is 8.78 Å². The van der Waals surface area contributed by atoms with Gasteiger partial charge in [-0.05, 0) is 49.8 Å². The van der Waals surface area contributed by atoms with E-state index >= 15 is 0 Å². The Bertz CT molecular complexity index is 800. The van der Waals surface area contributed by atoms with Gasteiger partial charge in [0.1, 0.15) is 0 Å². The van der Waals surface area contributed by atoms with Crippen molar-refractivity contribution in [3.8, 4) is 0 Å². The molecule has 0 N–H and O–H groups in total. The van der Waals surface area contributed by atoms with Crippen LogP contribution in [0.2, 0.25) is 0 Å². The van der Waals surface area contributed by atoms with Crippen LogP contribution in [0.1, 0.15) is 44.1 Å². The van der Waals surface area contributed by atoms with Crippen molar-refractivity contribution >= 4 is 11.8 Å². The molecule has 2 fully saturated rings. The van der Waals surface area contributed by atoms with Crippen LogP contribution in [-0.2, 0) is 16.1 Å². The first-order valence-electron chi connectivity index (χ1n) is 10.1. The predicted octanol–water partition coefficient (Wildman–Crippen LogP) is 3.66. The second-order valence-corrected chi connectivity index (χ2v) is 8.48. The van der Waals surface area contributed by atoms with Crippen LogP contribution in [0.4, 0.5) is 8.78 Å². The van der Waals surface area contributed by atoms with Crippen molar-refractivity contribution in [3.63, 3.8) is 0 Å². The second kappa shape index (κ2) is 7.64. The zero-order valence-electron chi connectivity index (χ0n) is 16.0. The van der Waals surface area contributed by atoms with Crippen molar-refractivity contribution in [3.05, 3.63) is 47.5 Å². The number of halogens is 2. The summed E-state index contributed by atoms with van der Waals surface area (Å²) < 4.78 is 26.6. The van der Waals surface area contributed by atoms with E-state index in [1.165, 1.54) is 6.07 Å². The lowest BCUT2D eigenvalue weighted by Gasteiger charge is -2.40. The van der Waals surface area contributed by atoms with E-state index in [9.17, 15) is 18.4 Å². The molecule has 0 saturated carbocycles. The van der Waals surface area contributed by atoms with Crippen molar-refractivity contribution in [2.45, 2.75) is 45.1 Å². The summed E-state index contributed by atoms with van der Waals surface area (Å²) in [5.41, 5.74) is 0.501. The lowest BCUT2D eigenvalue weighted by molar-refractivity contribution is -0.138. The fraction of sp³-hybridized carbons (Fsp3) is 0.545. The van der Waals surface area contributed by atoms with Gasteiger partial charge in [0.25, 0.3) is 0 Å². The lowest BCUT2D eigenvalue weighted by Crippen LogP contribution is -2.46. The maximum absolute atomic E-state index is 13.5. The van der Waals surface area contributed by atoms with Crippen LogP contribution in [0.3, 0.4) is 0 Å². The van der Waals surface area contributed by atoms with E-state index in [0.29, 0.717) is 38.2 Å². The van der Waals surface area contributed by atoms with E-state index in [0.717, 1.165) is 44.2 Å². The average Bonchev–Trinajstić information content (AvgIpc) is 3.00. The predicted molar refractivity (Wildman–Crippen MR) is 101 cm³/mol. The first-order chi connectivity index (χ1) is 13.5. The van der Waals surface area contributed by atoms with E-state index in [-0.39, 0.29) is 23.1 Å². The van der Waals surface area contributed by atoms with Crippen LogP contribution in [0.25, 0.3) is 0 Å². The summed E-state index contributed by atoms with van der Waals surface area (Å²) in [4.78, 5) is 29.0. The number of likely N-dealkylation sites (tertiary alicyclic amines) is 2. The van der Waals surface area contributed by atoms with Gasteiger partial charge in [-0.3, -0.25) is 9.59 Å². The monoisotopic (exact) mass is 388 g/mol. The first kappa shape index (κ1) is 19.1. The SMILES string of the molecule is O=C1CC2(CCN(C(=O)[C@H]3CC=CCC3)CC2)CN1Cc1ccc(F)c(F)c1. The third kappa shape index (κ3) is 3.82. The minimum Gasteiger partial charge on any atom is -0.342 e. The summed E-state index contributed by atoms with van der Waals surface area (Å²) >= 11 is 0. The largest absolute Gasteiger partial charge is 0.342 e. The number of hydrogen-bond acceptors (Lipinski definition) is 2. The summed E-state index contributed by atoms with van der Waals surface area (Å²) in [6.07, 6.45) is 9.09. The van der Waals surface area contributed by atoms with Gasteiger partial charge in [-0.1, -0.05) is 18.2 Å². The van der Waals surface area contributed by atoms with Crippen molar-refractivity contribution in [1.82, 2.24) is 9.80 Å². The quantitative estimate of drug-likeness (QED) is 0.742. The van der Waals surface area contributed by atoms with Gasteiger partial charge in [-0.15, -0.1) is 0 Å². The topological polar surface area (TPSA) is 40.6 Å². The number of nitrogens with zero attached hydrogens (tertiary/aromatic N) is 2. The Hall–Kier alpha value is -2.24. The molecule has 0 radical (unpaired) electrons. The van der Waals surface area contributed by atoms with Gasteiger partial charge >= 0.3 is 0 Å². The van der Waals surface area contributed by atoms with E-state index in [1.807, 2.05) is 4.90 Å². The van der Waals surface area contributed by atoms with Crippen LogP contribution in [0, 0.1) is 23.0 Å². The Morgan fingerprint density at radius 2 is 1.93 bits per heavy atom. The minimum atomic E-state index is -0.886. The summed E-state index contributed by atoms with van der Waals surface area (Å²) in [7, 11) is 0. The van der Waals surface area contributed by atoms with Crippen LogP contribution >= 0.6 is 0 Å². The standard InChI is InChI=1S/C22H26F2N2O2/c23-18-7-6-16(12-19(18)24)14-26-15-22(13-20(26)27)8-10-25(11-9-22)21(28)17-4-2-1-3-5-17/h1-2,6-7,12,17H,3-5,8-11,13-15H2/t17-/m0/s1. The minimum absolute atomic E-state index is 0.0573. The molecule has 1 aromatic carbocycles. The lowest BCUT2D eigenvalue weighted by atomic mass is 9.77. The molecule has 2 amide bonds. The highest BCUT2D eigenvalue weighted by molar-refractivity contribution is 5.81. The van der Waals surface area contributed by atoms with Crippen molar-refractivity contribution in [1.29, 1.82) is 0 Å². The summed E-state index contributed by atoms with van der Waals surface area (Å²) in [5, 5.41) is 0. The maximum atomic E-state index is 13.5. The van der Waals surface area contributed by atoms with Crippen molar-refractivity contribution in [2.24, 2.45) is 11.3 Å². The Morgan fingerprint density at radius 3 is 2.61 bits per heavy atom. The van der Waals surface area contributed by atoms with Gasteiger partial charge in [0.05, 0.1) is 0 Å². The van der Waals surface area contributed by atoms with Crippen LogP contribution in [0.15, 0.2) is 30.4 Å². The zero-order valence-corrected chi connectivity index (χ0v) is 16.0. The third-order valence-corrected chi connectivity index (χ3v) is 6.52. The van der Waals surface area contributed by atoms with E-state index in [1.54, 1.807) is 4.90 Å². The highest BCUT2D eigenvalue weighted by Crippen LogP contribution is 2.42. The van der Waals surface area contributed by atoms with E-state index < -0.39 is 11.6 Å². The fourth-order valence-electron chi connectivity index (χ4n) is 4.80. The Balaban J connectivity index is 1.35. The molecule has 2 heterocycles. The molecular formula is C22H26F2N2O2. The molecule has 4 nitrogen and oxygen atoms in total. The smallest absolute Gasteiger partial charge is 0.226 e. The molecule has 28 heavy (non-hydrogen) atoms. The molecule has 4 rings (SSSR count). The van der Waals surface area contributed by atoms with Crippen LogP contribution in [0.5, 0.6) is 0 Å². The highest BCUT2D eigenvalue weighted by atomic mass is 19.2. The molecule has 1 aliphatic carbocycles. The number of amides is 2. The number of benzene rings is 1. The van der Waals surface area contributed by atoms with Gasteiger partial charge in [-0.2, -0.15) is 0 Å². The summed E-state index contributed by atoms with van der Waals surface area (Å²) in [6, 6.07) is 3.79. The normalized spacial score (nSPS) is 24.2. The fourth-order valence-corrected chi connectivity index (χ4v) is 4.80. The molecule has 6 heteroatoms. The Morgan fingerprint density at radius 1 is 1.14 bits per heavy atom. The zero-order chi connectivity index (χ0) is 19.7. The first-order valence-corrected chi connectivity index (χ1v) is 10.1. The molecule has 0 aromatic heterocycles. The number of carbonyl (C=O) groups is 2. The van der Waals surface area contributed by atoms with Crippen molar-refractivity contribution < 1.29 is 18.4 Å². The molecule has 1 atom stereocenters.